The van der Waals surface area contributed by atoms with Crippen molar-refractivity contribution in [2.24, 2.45) is 0 Å². The lowest BCUT2D eigenvalue weighted by Crippen LogP contribution is -2.41. The number of hydrogen-bond donors (Lipinski definition) is 0. The molecule has 0 atom stereocenters. The summed E-state index contributed by atoms with van der Waals surface area (Å²) < 4.78 is 29.1. The lowest BCUT2D eigenvalue weighted by Gasteiger charge is -2.31. The molecule has 2 aromatic rings. The molecule has 0 spiro atoms. The second-order valence-electron chi connectivity index (χ2n) is 6.67. The number of amides is 1. The molecule has 0 saturated carbocycles. The molecule has 6 heteroatoms. The third kappa shape index (κ3) is 4.77. The van der Waals surface area contributed by atoms with Gasteiger partial charge in [-0.15, -0.1) is 0 Å². The van der Waals surface area contributed by atoms with Gasteiger partial charge in [0.05, 0.1) is 4.90 Å². The smallest absolute Gasteiger partial charge is 0.245 e. The van der Waals surface area contributed by atoms with Gasteiger partial charge in [0.15, 0.2) is 9.84 Å². The Labute approximate surface area is 160 Å². The zero-order chi connectivity index (χ0) is 19.4. The summed E-state index contributed by atoms with van der Waals surface area (Å²) in [7, 11) is -3.19. The number of sulfone groups is 1. The molecule has 27 heavy (non-hydrogen) atoms. The van der Waals surface area contributed by atoms with E-state index in [0.29, 0.717) is 18.0 Å². The number of ether oxygens (including phenoxy) is 1. The highest BCUT2D eigenvalue weighted by molar-refractivity contribution is 7.90. The van der Waals surface area contributed by atoms with E-state index in [9.17, 15) is 13.2 Å². The van der Waals surface area contributed by atoms with E-state index >= 15 is 0 Å². The first-order valence-electron chi connectivity index (χ1n) is 8.85. The average Bonchev–Trinajstić information content (AvgIpc) is 2.68. The minimum atomic E-state index is -3.19. The van der Waals surface area contributed by atoms with E-state index in [1.807, 2.05) is 24.3 Å². The van der Waals surface area contributed by atoms with E-state index in [1.54, 1.807) is 29.2 Å². The Kier molecular flexibility index (Phi) is 5.65. The quantitative estimate of drug-likeness (QED) is 0.741. The van der Waals surface area contributed by atoms with E-state index in [4.69, 9.17) is 4.74 Å². The van der Waals surface area contributed by atoms with Crippen molar-refractivity contribution < 1.29 is 17.9 Å². The van der Waals surface area contributed by atoms with Gasteiger partial charge in [0, 0.05) is 32.2 Å². The van der Waals surface area contributed by atoms with Crippen LogP contribution in [0.4, 0.5) is 0 Å². The number of likely N-dealkylation sites (tertiary alicyclic amines) is 1. The molecule has 5 nitrogen and oxygen atoms in total. The number of nitrogens with zero attached hydrogens (tertiary/aromatic N) is 1. The summed E-state index contributed by atoms with van der Waals surface area (Å²) in [6.07, 6.45) is 4.25. The largest absolute Gasteiger partial charge is 0.490 e. The maximum Gasteiger partial charge on any atom is 0.245 e. The average molecular weight is 385 g/mol. The Bertz CT molecular complexity index is 910. The Balaban J connectivity index is 1.61. The highest BCUT2D eigenvalue weighted by Gasteiger charge is 2.22. The third-order valence-corrected chi connectivity index (χ3v) is 5.83. The molecule has 1 amide bonds. The van der Waals surface area contributed by atoms with E-state index in [0.717, 1.165) is 29.7 Å². The van der Waals surface area contributed by atoms with Gasteiger partial charge in [-0.1, -0.05) is 30.8 Å². The number of carbonyl (C=O) groups is 1. The molecule has 1 aliphatic heterocycles. The summed E-state index contributed by atoms with van der Waals surface area (Å²) in [5.74, 6) is 0.764. The summed E-state index contributed by atoms with van der Waals surface area (Å²) in [6.45, 7) is 4.88. The Hall–Kier alpha value is -2.60. The molecule has 0 aromatic heterocycles. The van der Waals surface area contributed by atoms with Crippen molar-refractivity contribution in [3.05, 3.63) is 61.2 Å². The SMILES string of the molecule is C=CC(=O)N1CCC(Oc2ccc(-c3ccc(S(C)(=O)=O)cc3)cc2)CC1. The normalized spacial score (nSPS) is 15.4. The Morgan fingerprint density at radius 3 is 2.04 bits per heavy atom. The van der Waals surface area contributed by atoms with Crippen molar-refractivity contribution in [1.29, 1.82) is 0 Å². The molecule has 1 heterocycles. The second-order valence-corrected chi connectivity index (χ2v) is 8.68. The highest BCUT2D eigenvalue weighted by Crippen LogP contribution is 2.25. The van der Waals surface area contributed by atoms with Gasteiger partial charge in [-0.2, -0.15) is 0 Å². The Morgan fingerprint density at radius 1 is 1.04 bits per heavy atom. The van der Waals surface area contributed by atoms with E-state index in [2.05, 4.69) is 6.58 Å². The molecular weight excluding hydrogens is 362 g/mol. The van der Waals surface area contributed by atoms with Crippen LogP contribution in [0.1, 0.15) is 12.8 Å². The molecule has 1 aliphatic rings. The predicted molar refractivity (Wildman–Crippen MR) is 105 cm³/mol. The van der Waals surface area contributed by atoms with Crippen LogP contribution in [-0.4, -0.2) is 44.7 Å². The zero-order valence-electron chi connectivity index (χ0n) is 15.3. The lowest BCUT2D eigenvalue weighted by molar-refractivity contribution is -0.127. The van der Waals surface area contributed by atoms with Crippen LogP contribution in [0.5, 0.6) is 5.75 Å². The summed E-state index contributed by atoms with van der Waals surface area (Å²) in [4.78, 5) is 13.7. The molecule has 3 rings (SSSR count). The molecule has 1 saturated heterocycles. The molecule has 0 radical (unpaired) electrons. The fourth-order valence-corrected chi connectivity index (χ4v) is 3.77. The first-order valence-corrected chi connectivity index (χ1v) is 10.7. The van der Waals surface area contributed by atoms with Gasteiger partial charge in [0.1, 0.15) is 11.9 Å². The van der Waals surface area contributed by atoms with Gasteiger partial charge in [-0.3, -0.25) is 4.79 Å². The van der Waals surface area contributed by atoms with Crippen molar-refractivity contribution in [3.8, 4) is 16.9 Å². The molecule has 0 unspecified atom stereocenters. The standard InChI is InChI=1S/C21H23NO4S/c1-3-21(23)22-14-12-19(13-15-22)26-18-8-4-16(5-9-18)17-6-10-20(11-7-17)27(2,24)25/h3-11,19H,1,12-15H2,2H3. The van der Waals surface area contributed by atoms with E-state index in [-0.39, 0.29) is 12.0 Å². The molecule has 0 N–H and O–H groups in total. The molecule has 2 aromatic carbocycles. The third-order valence-electron chi connectivity index (χ3n) is 4.70. The van der Waals surface area contributed by atoms with Crippen LogP contribution in [-0.2, 0) is 14.6 Å². The van der Waals surface area contributed by atoms with Crippen LogP contribution in [0.25, 0.3) is 11.1 Å². The fourth-order valence-electron chi connectivity index (χ4n) is 3.14. The molecule has 0 aliphatic carbocycles. The molecule has 142 valence electrons. The van der Waals surface area contributed by atoms with Crippen molar-refractivity contribution in [1.82, 2.24) is 4.90 Å². The number of benzene rings is 2. The van der Waals surface area contributed by atoms with Crippen LogP contribution in [0, 0.1) is 0 Å². The fraction of sp³-hybridized carbons (Fsp3) is 0.286. The maximum absolute atomic E-state index is 11.6. The van der Waals surface area contributed by atoms with Gasteiger partial charge >= 0.3 is 0 Å². The first-order chi connectivity index (χ1) is 12.9. The minimum absolute atomic E-state index is 0.0281. The van der Waals surface area contributed by atoms with Gasteiger partial charge in [-0.25, -0.2) is 8.42 Å². The van der Waals surface area contributed by atoms with Gasteiger partial charge in [0.25, 0.3) is 0 Å². The van der Waals surface area contributed by atoms with Crippen LogP contribution in [0.2, 0.25) is 0 Å². The molecule has 1 fully saturated rings. The molecule has 0 bridgehead atoms. The van der Waals surface area contributed by atoms with E-state index < -0.39 is 9.84 Å². The summed E-state index contributed by atoms with van der Waals surface area (Å²) in [5.41, 5.74) is 1.94. The van der Waals surface area contributed by atoms with E-state index in [1.165, 1.54) is 12.3 Å². The van der Waals surface area contributed by atoms with Crippen LogP contribution in [0.3, 0.4) is 0 Å². The summed E-state index contributed by atoms with van der Waals surface area (Å²) in [5, 5.41) is 0. The summed E-state index contributed by atoms with van der Waals surface area (Å²) in [6, 6.07) is 14.6. The predicted octanol–water partition coefficient (Wildman–Crippen LogP) is 3.31. The number of piperidine rings is 1. The second kappa shape index (κ2) is 7.96. The maximum atomic E-state index is 11.6. The lowest BCUT2D eigenvalue weighted by atomic mass is 10.1. The van der Waals surface area contributed by atoms with Gasteiger partial charge in [0.2, 0.25) is 5.91 Å². The zero-order valence-corrected chi connectivity index (χ0v) is 16.1. The number of carbonyl (C=O) groups excluding carboxylic acids is 1. The van der Waals surface area contributed by atoms with Gasteiger partial charge in [-0.05, 0) is 41.5 Å². The van der Waals surface area contributed by atoms with Crippen molar-refractivity contribution >= 4 is 15.7 Å². The number of rotatable bonds is 5. The Morgan fingerprint density at radius 2 is 1.56 bits per heavy atom. The number of hydrogen-bond acceptors (Lipinski definition) is 4. The topological polar surface area (TPSA) is 63.7 Å². The molecular formula is C21H23NO4S. The van der Waals surface area contributed by atoms with Crippen molar-refractivity contribution in [2.45, 2.75) is 23.8 Å². The van der Waals surface area contributed by atoms with Crippen LogP contribution >= 0.6 is 0 Å². The minimum Gasteiger partial charge on any atom is -0.490 e. The summed E-state index contributed by atoms with van der Waals surface area (Å²) >= 11 is 0. The monoisotopic (exact) mass is 385 g/mol. The van der Waals surface area contributed by atoms with Crippen molar-refractivity contribution in [3.63, 3.8) is 0 Å². The van der Waals surface area contributed by atoms with Crippen LogP contribution < -0.4 is 4.74 Å². The van der Waals surface area contributed by atoms with Gasteiger partial charge < -0.3 is 9.64 Å². The van der Waals surface area contributed by atoms with Crippen molar-refractivity contribution in [2.75, 3.05) is 19.3 Å². The first kappa shape index (κ1) is 19.2. The van der Waals surface area contributed by atoms with Crippen LogP contribution in [0.15, 0.2) is 66.1 Å². The highest BCUT2D eigenvalue weighted by atomic mass is 32.2.